The molecule has 132 valence electrons. The van der Waals surface area contributed by atoms with E-state index in [0.29, 0.717) is 19.4 Å². The lowest BCUT2D eigenvalue weighted by Crippen LogP contribution is -2.23. The van der Waals surface area contributed by atoms with Crippen LogP contribution in [0.2, 0.25) is 0 Å². The van der Waals surface area contributed by atoms with Gasteiger partial charge in [-0.05, 0) is 47.9 Å². The quantitative estimate of drug-likeness (QED) is 0.711. The number of carbonyl (C=O) groups excluding carboxylic acids is 1. The Kier molecular flexibility index (Phi) is 5.93. The van der Waals surface area contributed by atoms with E-state index in [0.717, 1.165) is 28.1 Å². The van der Waals surface area contributed by atoms with Crippen LogP contribution in [0.3, 0.4) is 0 Å². The van der Waals surface area contributed by atoms with E-state index in [-0.39, 0.29) is 5.91 Å². The molecule has 0 saturated heterocycles. The molecule has 2 heterocycles. The molecular formula is C21H21N3O2. The van der Waals surface area contributed by atoms with Crippen LogP contribution in [-0.4, -0.2) is 23.0 Å². The minimum Gasteiger partial charge on any atom is -0.497 e. The Morgan fingerprint density at radius 2 is 1.81 bits per heavy atom. The van der Waals surface area contributed by atoms with E-state index in [4.69, 9.17) is 4.74 Å². The maximum atomic E-state index is 12.2. The van der Waals surface area contributed by atoms with E-state index >= 15 is 0 Å². The lowest BCUT2D eigenvalue weighted by Gasteiger charge is -2.10. The molecule has 3 aromatic rings. The van der Waals surface area contributed by atoms with Gasteiger partial charge in [0.2, 0.25) is 5.91 Å². The molecule has 2 aromatic heterocycles. The Balaban J connectivity index is 1.56. The number of aromatic nitrogens is 2. The summed E-state index contributed by atoms with van der Waals surface area (Å²) >= 11 is 0. The van der Waals surface area contributed by atoms with Crippen LogP contribution >= 0.6 is 0 Å². The van der Waals surface area contributed by atoms with Crippen molar-refractivity contribution >= 4 is 5.91 Å². The maximum Gasteiger partial charge on any atom is 0.220 e. The summed E-state index contributed by atoms with van der Waals surface area (Å²) in [6.45, 7) is 0.451. The van der Waals surface area contributed by atoms with Crippen molar-refractivity contribution in [1.82, 2.24) is 15.3 Å². The van der Waals surface area contributed by atoms with E-state index in [1.807, 2.05) is 48.5 Å². The minimum absolute atomic E-state index is 0.0188. The molecule has 0 spiro atoms. The summed E-state index contributed by atoms with van der Waals surface area (Å²) in [5.74, 6) is 0.837. The van der Waals surface area contributed by atoms with Crippen molar-refractivity contribution in [3.63, 3.8) is 0 Å². The van der Waals surface area contributed by atoms with Gasteiger partial charge in [-0.15, -0.1) is 0 Å². The SMILES string of the molecule is COc1ccc(CCC(=O)NCc2cccnc2-c2ccncc2)cc1. The summed E-state index contributed by atoms with van der Waals surface area (Å²) in [6, 6.07) is 15.5. The average molecular weight is 347 g/mol. The molecule has 26 heavy (non-hydrogen) atoms. The van der Waals surface area contributed by atoms with Gasteiger partial charge in [-0.25, -0.2) is 0 Å². The fourth-order valence-electron chi connectivity index (χ4n) is 2.68. The number of hydrogen-bond donors (Lipinski definition) is 1. The molecule has 3 rings (SSSR count). The van der Waals surface area contributed by atoms with Crippen molar-refractivity contribution in [1.29, 1.82) is 0 Å². The Hall–Kier alpha value is -3.21. The van der Waals surface area contributed by atoms with Crippen LogP contribution < -0.4 is 10.1 Å². The molecule has 5 nitrogen and oxygen atoms in total. The first-order chi connectivity index (χ1) is 12.8. The first-order valence-corrected chi connectivity index (χ1v) is 8.50. The number of amides is 1. The van der Waals surface area contributed by atoms with Crippen LogP contribution in [0, 0.1) is 0 Å². The fraction of sp³-hybridized carbons (Fsp3) is 0.190. The Morgan fingerprint density at radius 1 is 1.04 bits per heavy atom. The molecule has 0 bridgehead atoms. The average Bonchev–Trinajstić information content (AvgIpc) is 2.72. The van der Waals surface area contributed by atoms with Gasteiger partial charge in [-0.3, -0.25) is 14.8 Å². The van der Waals surface area contributed by atoms with Gasteiger partial charge >= 0.3 is 0 Å². The third-order valence-corrected chi connectivity index (χ3v) is 4.12. The molecule has 0 atom stereocenters. The maximum absolute atomic E-state index is 12.2. The third kappa shape index (κ3) is 4.66. The lowest BCUT2D eigenvalue weighted by atomic mass is 10.1. The van der Waals surface area contributed by atoms with Gasteiger partial charge in [-0.2, -0.15) is 0 Å². The van der Waals surface area contributed by atoms with Crippen molar-refractivity contribution < 1.29 is 9.53 Å². The first kappa shape index (κ1) is 17.6. The second-order valence-corrected chi connectivity index (χ2v) is 5.87. The molecule has 5 heteroatoms. The largest absolute Gasteiger partial charge is 0.497 e. The van der Waals surface area contributed by atoms with E-state index in [9.17, 15) is 4.79 Å². The number of rotatable bonds is 7. The van der Waals surface area contributed by atoms with E-state index in [1.54, 1.807) is 25.7 Å². The molecule has 0 aliphatic rings. The number of methoxy groups -OCH3 is 1. The molecule has 1 aromatic carbocycles. The fourth-order valence-corrected chi connectivity index (χ4v) is 2.68. The number of hydrogen-bond acceptors (Lipinski definition) is 4. The highest BCUT2D eigenvalue weighted by Crippen LogP contribution is 2.20. The predicted molar refractivity (Wildman–Crippen MR) is 101 cm³/mol. The van der Waals surface area contributed by atoms with Gasteiger partial charge in [-0.1, -0.05) is 18.2 Å². The number of aryl methyl sites for hydroxylation is 1. The number of pyridine rings is 2. The number of benzene rings is 1. The Morgan fingerprint density at radius 3 is 2.54 bits per heavy atom. The first-order valence-electron chi connectivity index (χ1n) is 8.50. The van der Waals surface area contributed by atoms with Crippen LogP contribution in [0.25, 0.3) is 11.3 Å². The topological polar surface area (TPSA) is 64.1 Å². The van der Waals surface area contributed by atoms with E-state index in [2.05, 4.69) is 15.3 Å². The number of ether oxygens (including phenoxy) is 1. The monoisotopic (exact) mass is 347 g/mol. The zero-order chi connectivity index (χ0) is 18.2. The Labute approximate surface area is 153 Å². The molecular weight excluding hydrogens is 326 g/mol. The second kappa shape index (κ2) is 8.76. The van der Waals surface area contributed by atoms with E-state index < -0.39 is 0 Å². The normalized spacial score (nSPS) is 10.3. The van der Waals surface area contributed by atoms with Crippen molar-refractivity contribution in [2.75, 3.05) is 7.11 Å². The summed E-state index contributed by atoms with van der Waals surface area (Å²) in [6.07, 6.45) is 6.37. The van der Waals surface area contributed by atoms with Gasteiger partial charge < -0.3 is 10.1 Å². The zero-order valence-corrected chi connectivity index (χ0v) is 14.7. The molecule has 0 fully saturated rings. The molecule has 0 aliphatic heterocycles. The standard InChI is InChI=1S/C21H21N3O2/c1-26-19-7-4-16(5-8-19)6-9-20(25)24-15-18-3-2-12-23-21(18)17-10-13-22-14-11-17/h2-5,7-8,10-14H,6,9,15H2,1H3,(H,24,25). The van der Waals surface area contributed by atoms with Gasteiger partial charge in [0.15, 0.2) is 0 Å². The number of nitrogens with zero attached hydrogens (tertiary/aromatic N) is 2. The number of carbonyl (C=O) groups is 1. The third-order valence-electron chi connectivity index (χ3n) is 4.12. The molecule has 1 N–H and O–H groups in total. The number of nitrogens with one attached hydrogen (secondary N) is 1. The van der Waals surface area contributed by atoms with Gasteiger partial charge in [0, 0.05) is 37.1 Å². The van der Waals surface area contributed by atoms with Crippen molar-refractivity contribution in [3.05, 3.63) is 78.2 Å². The summed E-state index contributed by atoms with van der Waals surface area (Å²) in [5.41, 5.74) is 3.95. The summed E-state index contributed by atoms with van der Waals surface area (Å²) in [7, 11) is 1.64. The van der Waals surface area contributed by atoms with E-state index in [1.165, 1.54) is 0 Å². The zero-order valence-electron chi connectivity index (χ0n) is 14.7. The second-order valence-electron chi connectivity index (χ2n) is 5.87. The smallest absolute Gasteiger partial charge is 0.220 e. The highest BCUT2D eigenvalue weighted by Gasteiger charge is 2.08. The molecule has 0 aliphatic carbocycles. The van der Waals surface area contributed by atoms with Crippen molar-refractivity contribution in [2.45, 2.75) is 19.4 Å². The summed E-state index contributed by atoms with van der Waals surface area (Å²) < 4.78 is 5.14. The van der Waals surface area contributed by atoms with Crippen LogP contribution in [0.4, 0.5) is 0 Å². The van der Waals surface area contributed by atoms with Crippen molar-refractivity contribution in [2.24, 2.45) is 0 Å². The highest BCUT2D eigenvalue weighted by atomic mass is 16.5. The molecule has 1 amide bonds. The van der Waals surface area contributed by atoms with Gasteiger partial charge in [0.1, 0.15) is 5.75 Å². The predicted octanol–water partition coefficient (Wildman–Crippen LogP) is 3.40. The molecule has 0 radical (unpaired) electrons. The van der Waals surface area contributed by atoms with Crippen LogP contribution in [0.15, 0.2) is 67.1 Å². The molecule has 0 saturated carbocycles. The van der Waals surface area contributed by atoms with Crippen LogP contribution in [-0.2, 0) is 17.8 Å². The van der Waals surface area contributed by atoms with Crippen LogP contribution in [0.1, 0.15) is 17.5 Å². The van der Waals surface area contributed by atoms with Crippen molar-refractivity contribution in [3.8, 4) is 17.0 Å². The highest BCUT2D eigenvalue weighted by molar-refractivity contribution is 5.76. The Bertz CT molecular complexity index is 849. The van der Waals surface area contributed by atoms with Crippen LogP contribution in [0.5, 0.6) is 5.75 Å². The summed E-state index contributed by atoms with van der Waals surface area (Å²) in [5, 5.41) is 2.98. The lowest BCUT2D eigenvalue weighted by molar-refractivity contribution is -0.121. The summed E-state index contributed by atoms with van der Waals surface area (Å²) in [4.78, 5) is 20.7. The molecule has 0 unspecified atom stereocenters. The van der Waals surface area contributed by atoms with Gasteiger partial charge in [0.05, 0.1) is 12.8 Å². The van der Waals surface area contributed by atoms with Gasteiger partial charge in [0.25, 0.3) is 0 Å². The minimum atomic E-state index is 0.0188.